The van der Waals surface area contributed by atoms with Crippen molar-refractivity contribution >= 4 is 24.8 Å². The van der Waals surface area contributed by atoms with E-state index in [4.69, 9.17) is 0 Å². The number of hydrogen-bond acceptors (Lipinski definition) is 0. The molecular formula is C43H56Cl2Zr-2. The summed E-state index contributed by atoms with van der Waals surface area (Å²) in [7, 11) is 0. The molecule has 0 amide bonds. The fourth-order valence-corrected chi connectivity index (χ4v) is 10.3. The van der Waals surface area contributed by atoms with Crippen molar-refractivity contribution < 1.29 is 49.0 Å². The van der Waals surface area contributed by atoms with Crippen molar-refractivity contribution in [3.63, 3.8) is 0 Å². The van der Waals surface area contributed by atoms with Crippen LogP contribution in [0.4, 0.5) is 0 Å². The molecule has 4 bridgehead atoms. The molecule has 3 aromatic carbocycles. The van der Waals surface area contributed by atoms with Crippen molar-refractivity contribution in [1.82, 2.24) is 0 Å². The van der Waals surface area contributed by atoms with E-state index < -0.39 is 0 Å². The van der Waals surface area contributed by atoms with Crippen LogP contribution in [-0.4, -0.2) is 3.21 Å². The number of allylic oxidation sites excluding steroid dienone is 4. The van der Waals surface area contributed by atoms with E-state index in [1.807, 2.05) is 0 Å². The van der Waals surface area contributed by atoms with Gasteiger partial charge in [0.2, 0.25) is 0 Å². The zero-order valence-corrected chi connectivity index (χ0v) is 33.6. The van der Waals surface area contributed by atoms with Crippen LogP contribution in [0.5, 0.6) is 0 Å². The average Bonchev–Trinajstić information content (AvgIpc) is 3.55. The molecule has 0 N–H and O–H groups in total. The van der Waals surface area contributed by atoms with Gasteiger partial charge in [0, 0.05) is 0 Å². The molecule has 248 valence electrons. The molecule has 0 heterocycles. The Kier molecular flexibility index (Phi) is 12.3. The Morgan fingerprint density at radius 1 is 0.717 bits per heavy atom. The molecule has 5 saturated carbocycles. The summed E-state index contributed by atoms with van der Waals surface area (Å²) < 4.78 is 1.80. The van der Waals surface area contributed by atoms with Gasteiger partial charge in [-0.15, -0.1) is 53.1 Å². The third-order valence-electron chi connectivity index (χ3n) is 11.5. The van der Waals surface area contributed by atoms with Crippen LogP contribution in [0.15, 0.2) is 59.7 Å². The van der Waals surface area contributed by atoms with Gasteiger partial charge in [0.1, 0.15) is 0 Å². The van der Waals surface area contributed by atoms with Gasteiger partial charge in [-0.1, -0.05) is 76.9 Å². The zero-order chi connectivity index (χ0) is 31.3. The molecule has 6 aliphatic carbocycles. The predicted molar refractivity (Wildman–Crippen MR) is 188 cm³/mol. The van der Waals surface area contributed by atoms with Gasteiger partial charge in [-0.2, -0.15) is 6.08 Å². The van der Waals surface area contributed by atoms with E-state index >= 15 is 0 Å². The summed E-state index contributed by atoms with van der Waals surface area (Å²) in [5.41, 5.74) is 6.99. The van der Waals surface area contributed by atoms with E-state index in [2.05, 4.69) is 103 Å². The summed E-state index contributed by atoms with van der Waals surface area (Å²) in [5, 5.41) is 5.49. The van der Waals surface area contributed by atoms with Crippen LogP contribution in [-0.2, 0) is 35.1 Å². The van der Waals surface area contributed by atoms with Crippen molar-refractivity contribution in [3.8, 4) is 0 Å². The van der Waals surface area contributed by atoms with Crippen LogP contribution < -0.4 is 24.8 Å². The summed E-state index contributed by atoms with van der Waals surface area (Å²) >= 11 is 1.69. The van der Waals surface area contributed by atoms with Crippen molar-refractivity contribution in [2.24, 2.45) is 23.2 Å². The minimum absolute atomic E-state index is 0. The van der Waals surface area contributed by atoms with Crippen LogP contribution in [0.3, 0.4) is 0 Å². The van der Waals surface area contributed by atoms with Crippen molar-refractivity contribution in [3.05, 3.63) is 76.9 Å². The number of benzene rings is 2. The Hall–Kier alpha value is -0.877. The molecule has 5 fully saturated rings. The maximum atomic E-state index is 3.69. The van der Waals surface area contributed by atoms with E-state index in [0.717, 1.165) is 24.2 Å². The maximum absolute atomic E-state index is 3.69. The molecule has 46 heavy (non-hydrogen) atoms. The van der Waals surface area contributed by atoms with Gasteiger partial charge in [0.25, 0.3) is 0 Å². The van der Waals surface area contributed by atoms with E-state index in [9.17, 15) is 0 Å². The summed E-state index contributed by atoms with van der Waals surface area (Å²) in [6.07, 6.45) is 23.6. The molecule has 0 aliphatic heterocycles. The second-order valence-electron chi connectivity index (χ2n) is 17.3. The Labute approximate surface area is 308 Å². The van der Waals surface area contributed by atoms with E-state index in [1.54, 1.807) is 57.8 Å². The van der Waals surface area contributed by atoms with Gasteiger partial charge in [-0.05, 0) is 72.5 Å². The topological polar surface area (TPSA) is 0 Å². The van der Waals surface area contributed by atoms with Crippen LogP contribution in [0.1, 0.15) is 137 Å². The first-order valence-electron chi connectivity index (χ1n) is 17.8. The monoisotopic (exact) mass is 732 g/mol. The molecule has 0 unspecified atom stereocenters. The first-order valence-corrected chi connectivity index (χ1v) is 19.0. The molecule has 0 spiro atoms. The molecular weight excluding hydrogens is 679 g/mol. The Morgan fingerprint density at radius 2 is 1.17 bits per heavy atom. The van der Waals surface area contributed by atoms with Gasteiger partial charge in [0.15, 0.2) is 0 Å². The van der Waals surface area contributed by atoms with E-state index in [-0.39, 0.29) is 35.6 Å². The number of halogens is 2. The Bertz CT molecular complexity index is 1470. The molecule has 0 saturated heterocycles. The molecule has 9 rings (SSSR count). The molecule has 3 aromatic rings. The van der Waals surface area contributed by atoms with E-state index in [1.165, 1.54) is 84.0 Å². The standard InChI is InChI=1S/C21H25.C16H21.C6H10.2ClH.Zr/c1-20(2,3)16-9-7-14-11-15-8-10-17(21(4,5)6)13-19(15)18(14)12-16;1-11-3-2-4-15(11)16-8-12-5-13(9-16)7-14(6-12)10-16;1-2-4-6-5-3-1;;;/h7-13H,1-6H3;3,12-14H,2,5-10H2,1H3;1-5H2;2*1H;/q2*-1;;;;+2/p-2. The van der Waals surface area contributed by atoms with Crippen molar-refractivity contribution in [2.75, 3.05) is 0 Å². The molecule has 0 radical (unpaired) electrons. The van der Waals surface area contributed by atoms with Crippen LogP contribution >= 0.6 is 0 Å². The Morgan fingerprint density at radius 3 is 1.52 bits per heavy atom. The summed E-state index contributed by atoms with van der Waals surface area (Å²) in [5.74, 6) is 3.19. The van der Waals surface area contributed by atoms with Gasteiger partial charge in [-0.25, -0.2) is 11.1 Å². The van der Waals surface area contributed by atoms with Crippen LogP contribution in [0.2, 0.25) is 0 Å². The summed E-state index contributed by atoms with van der Waals surface area (Å²) in [6, 6.07) is 16.1. The third kappa shape index (κ3) is 8.28. The first-order chi connectivity index (χ1) is 20.8. The van der Waals surface area contributed by atoms with E-state index in [0.29, 0.717) is 5.41 Å². The van der Waals surface area contributed by atoms with Gasteiger partial charge < -0.3 is 24.8 Å². The van der Waals surface area contributed by atoms with Gasteiger partial charge >= 0.3 is 59.5 Å². The van der Waals surface area contributed by atoms with Crippen molar-refractivity contribution in [2.45, 2.75) is 136 Å². The second kappa shape index (κ2) is 14.9. The molecule has 6 aliphatic rings. The SMILES string of the molecule is CC(C)(C)c1ccc2[cH-]c3ccc(C(C)(C)C)cc3c2c1.CC1=CC[C-]=C1C12CC3CC(CC(C3)C1)C2.[Cl-].[Cl-].[Zr+2]=[C]1CCCCC1. The van der Waals surface area contributed by atoms with Gasteiger partial charge in [-0.3, -0.25) is 6.08 Å². The quantitative estimate of drug-likeness (QED) is 0.259. The third-order valence-corrected chi connectivity index (χ3v) is 12.8. The number of hydrogen-bond donors (Lipinski definition) is 0. The fourth-order valence-electron chi connectivity index (χ4n) is 9.48. The average molecular weight is 735 g/mol. The molecule has 0 aromatic heterocycles. The number of rotatable bonds is 1. The summed E-state index contributed by atoms with van der Waals surface area (Å²) in [6.45, 7) is 16.0. The molecule has 0 nitrogen and oxygen atoms in total. The molecule has 3 heteroatoms. The zero-order valence-electron chi connectivity index (χ0n) is 29.6. The predicted octanol–water partition coefficient (Wildman–Crippen LogP) is 6.27. The van der Waals surface area contributed by atoms with Crippen LogP contribution in [0.25, 0.3) is 21.5 Å². The van der Waals surface area contributed by atoms with Crippen LogP contribution in [0, 0.1) is 29.2 Å². The Balaban J connectivity index is 0.000000170. The minimum atomic E-state index is 0. The first kappa shape index (κ1) is 37.9. The van der Waals surface area contributed by atoms with Gasteiger partial charge in [0.05, 0.1) is 0 Å². The van der Waals surface area contributed by atoms with Crippen molar-refractivity contribution in [1.29, 1.82) is 0 Å². The summed E-state index contributed by atoms with van der Waals surface area (Å²) in [4.78, 5) is 0. The normalized spacial score (nSPS) is 26.7. The fraction of sp³-hybridized carbons (Fsp3) is 0.581. The molecule has 0 atom stereocenters. The number of fused-ring (bicyclic) bond motifs is 3. The second-order valence-corrected chi connectivity index (χ2v) is 19.0.